The van der Waals surface area contributed by atoms with Crippen LogP contribution in [0.25, 0.3) is 0 Å². The zero-order valence-electron chi connectivity index (χ0n) is 11.6. The van der Waals surface area contributed by atoms with Crippen LogP contribution in [0.4, 0.5) is 0 Å². The van der Waals surface area contributed by atoms with Crippen LogP contribution in [0.1, 0.15) is 36.0 Å². The molecule has 110 valence electrons. The maximum atomic E-state index is 12.2. The lowest BCUT2D eigenvalue weighted by Crippen LogP contribution is -2.34. The zero-order valence-corrected chi connectivity index (χ0v) is 13.3. The highest BCUT2D eigenvalue weighted by atomic mass is 32.2. The van der Waals surface area contributed by atoms with E-state index >= 15 is 0 Å². The molecule has 0 saturated heterocycles. The summed E-state index contributed by atoms with van der Waals surface area (Å²) < 4.78 is 0. The molecular formula is C14H19NO3S2. The highest BCUT2D eigenvalue weighted by Gasteiger charge is 2.30. The lowest BCUT2D eigenvalue weighted by molar-refractivity contribution is -0.147. The molecule has 1 amide bonds. The summed E-state index contributed by atoms with van der Waals surface area (Å²) in [5.41, 5.74) is 0.321. The molecule has 4 nitrogen and oxygen atoms in total. The van der Waals surface area contributed by atoms with Crippen LogP contribution in [0.15, 0.2) is 11.4 Å². The number of rotatable bonds is 5. The zero-order chi connectivity index (χ0) is 14.8. The van der Waals surface area contributed by atoms with E-state index in [0.717, 1.165) is 17.7 Å². The average molecular weight is 313 g/mol. The number of carboxylic acid groups (broad SMARTS) is 1. The van der Waals surface area contributed by atoms with Crippen molar-refractivity contribution in [2.75, 3.05) is 12.3 Å². The number of thiophene rings is 1. The summed E-state index contributed by atoms with van der Waals surface area (Å²) in [7, 11) is 0. The molecule has 0 aromatic carbocycles. The van der Waals surface area contributed by atoms with Gasteiger partial charge in [0, 0.05) is 11.4 Å². The Morgan fingerprint density at radius 2 is 2.25 bits per heavy atom. The molecule has 1 atom stereocenters. The van der Waals surface area contributed by atoms with Gasteiger partial charge in [0.05, 0.1) is 5.41 Å². The number of carbonyl (C=O) groups excluding carboxylic acids is 1. The van der Waals surface area contributed by atoms with Crippen molar-refractivity contribution >= 4 is 35.0 Å². The van der Waals surface area contributed by atoms with Gasteiger partial charge in [-0.1, -0.05) is 0 Å². The van der Waals surface area contributed by atoms with Crippen LogP contribution in [0, 0.1) is 5.41 Å². The van der Waals surface area contributed by atoms with E-state index in [1.807, 2.05) is 11.4 Å². The molecule has 0 bridgehead atoms. The summed E-state index contributed by atoms with van der Waals surface area (Å²) in [5, 5.41) is 13.8. The molecule has 2 rings (SSSR count). The van der Waals surface area contributed by atoms with E-state index in [9.17, 15) is 9.59 Å². The molecule has 1 aliphatic heterocycles. The maximum Gasteiger partial charge on any atom is 0.309 e. The fourth-order valence-corrected chi connectivity index (χ4v) is 4.38. The number of carbonyl (C=O) groups is 2. The minimum atomic E-state index is -0.834. The molecule has 2 heterocycles. The van der Waals surface area contributed by atoms with E-state index in [1.165, 1.54) is 4.88 Å². The van der Waals surface area contributed by atoms with Crippen molar-refractivity contribution in [3.8, 4) is 0 Å². The van der Waals surface area contributed by atoms with Crippen LogP contribution >= 0.6 is 23.1 Å². The predicted octanol–water partition coefficient (Wildman–Crippen LogP) is 2.70. The minimum Gasteiger partial charge on any atom is -0.481 e. The van der Waals surface area contributed by atoms with E-state index in [0.29, 0.717) is 13.0 Å². The first kappa shape index (κ1) is 15.4. The van der Waals surface area contributed by atoms with E-state index < -0.39 is 11.4 Å². The Hall–Kier alpha value is -1.01. The molecule has 0 fully saturated rings. The van der Waals surface area contributed by atoms with E-state index in [1.54, 1.807) is 36.9 Å². The van der Waals surface area contributed by atoms with Gasteiger partial charge < -0.3 is 10.4 Å². The molecule has 2 N–H and O–H groups in total. The van der Waals surface area contributed by atoms with Crippen LogP contribution in [0.2, 0.25) is 0 Å². The summed E-state index contributed by atoms with van der Waals surface area (Å²) in [5.74, 6) is 0.126. The Kier molecular flexibility index (Phi) is 4.75. The first-order valence-corrected chi connectivity index (χ1v) is 8.53. The standard InChI is InChI=1S/C14H19NO3S2/c1-14(2,13(17)18)5-6-15-12(16)11-9-3-7-19-10(9)4-8-20-11/h3,7,11H,4-6,8H2,1-2H3,(H,15,16)(H,17,18). The average Bonchev–Trinajstić information content (AvgIpc) is 2.86. The Bertz CT molecular complexity index is 510. The molecule has 1 aromatic rings. The summed E-state index contributed by atoms with van der Waals surface area (Å²) >= 11 is 3.37. The van der Waals surface area contributed by atoms with Crippen molar-refractivity contribution in [2.45, 2.75) is 31.9 Å². The first-order chi connectivity index (χ1) is 9.42. The second kappa shape index (κ2) is 6.18. The SMILES string of the molecule is CC(C)(CCNC(=O)C1SCCc2sccc21)C(=O)O. The van der Waals surface area contributed by atoms with Gasteiger partial charge in [0.1, 0.15) is 5.25 Å². The predicted molar refractivity (Wildman–Crippen MR) is 82.3 cm³/mol. The van der Waals surface area contributed by atoms with Gasteiger partial charge in [0.25, 0.3) is 0 Å². The number of aliphatic carboxylic acids is 1. The molecule has 1 aromatic heterocycles. The quantitative estimate of drug-likeness (QED) is 0.877. The first-order valence-electron chi connectivity index (χ1n) is 6.61. The molecule has 0 radical (unpaired) electrons. The Balaban J connectivity index is 1.90. The molecule has 1 unspecified atom stereocenters. The number of fused-ring (bicyclic) bond motifs is 1. The van der Waals surface area contributed by atoms with Crippen LogP contribution < -0.4 is 5.32 Å². The van der Waals surface area contributed by atoms with Crippen molar-refractivity contribution in [1.29, 1.82) is 0 Å². The van der Waals surface area contributed by atoms with Crippen molar-refractivity contribution in [3.63, 3.8) is 0 Å². The van der Waals surface area contributed by atoms with Crippen LogP contribution in [0.3, 0.4) is 0 Å². The number of thioether (sulfide) groups is 1. The second-order valence-corrected chi connectivity index (χ2v) is 7.74. The van der Waals surface area contributed by atoms with Crippen molar-refractivity contribution < 1.29 is 14.7 Å². The van der Waals surface area contributed by atoms with E-state index in [2.05, 4.69) is 5.32 Å². The lowest BCUT2D eigenvalue weighted by Gasteiger charge is -2.23. The highest BCUT2D eigenvalue weighted by molar-refractivity contribution is 8.00. The third-order valence-electron chi connectivity index (χ3n) is 3.54. The molecule has 1 aliphatic rings. The van der Waals surface area contributed by atoms with Gasteiger partial charge in [-0.25, -0.2) is 0 Å². The third kappa shape index (κ3) is 3.35. The van der Waals surface area contributed by atoms with Crippen LogP contribution in [-0.2, 0) is 16.0 Å². The number of carboxylic acids is 1. The monoisotopic (exact) mass is 313 g/mol. The van der Waals surface area contributed by atoms with Crippen molar-refractivity contribution in [2.24, 2.45) is 5.41 Å². The van der Waals surface area contributed by atoms with Crippen LogP contribution in [-0.4, -0.2) is 29.3 Å². The second-order valence-electron chi connectivity index (χ2n) is 5.53. The van der Waals surface area contributed by atoms with Crippen LogP contribution in [0.5, 0.6) is 0 Å². The topological polar surface area (TPSA) is 66.4 Å². The van der Waals surface area contributed by atoms with Crippen molar-refractivity contribution in [3.05, 3.63) is 21.9 Å². The number of hydrogen-bond acceptors (Lipinski definition) is 4. The Morgan fingerprint density at radius 3 is 2.95 bits per heavy atom. The normalized spacial score (nSPS) is 18.4. The molecule has 0 saturated carbocycles. The Morgan fingerprint density at radius 1 is 1.50 bits per heavy atom. The van der Waals surface area contributed by atoms with Gasteiger partial charge in [-0.05, 0) is 49.5 Å². The number of aryl methyl sites for hydroxylation is 1. The van der Waals surface area contributed by atoms with Crippen molar-refractivity contribution in [1.82, 2.24) is 5.32 Å². The molecule has 0 aliphatic carbocycles. The maximum absolute atomic E-state index is 12.2. The molecule has 0 spiro atoms. The van der Waals surface area contributed by atoms with Gasteiger partial charge in [-0.3, -0.25) is 9.59 Å². The number of amides is 1. The smallest absolute Gasteiger partial charge is 0.309 e. The highest BCUT2D eigenvalue weighted by Crippen LogP contribution is 2.39. The largest absolute Gasteiger partial charge is 0.481 e. The van der Waals surface area contributed by atoms with Gasteiger partial charge in [0.2, 0.25) is 5.91 Å². The van der Waals surface area contributed by atoms with Gasteiger partial charge in [-0.15, -0.1) is 23.1 Å². The molecule has 20 heavy (non-hydrogen) atoms. The summed E-state index contributed by atoms with van der Waals surface area (Å²) in [6, 6.07) is 2.03. The van der Waals surface area contributed by atoms with Gasteiger partial charge >= 0.3 is 5.97 Å². The third-order valence-corrected chi connectivity index (χ3v) is 5.78. The fraction of sp³-hybridized carbons (Fsp3) is 0.571. The summed E-state index contributed by atoms with van der Waals surface area (Å²) in [4.78, 5) is 24.6. The minimum absolute atomic E-state index is 0.00413. The van der Waals surface area contributed by atoms with Gasteiger partial charge in [0.15, 0.2) is 0 Å². The molecule has 6 heteroatoms. The molecular weight excluding hydrogens is 294 g/mol. The summed E-state index contributed by atoms with van der Waals surface area (Å²) in [6.07, 6.45) is 1.47. The summed E-state index contributed by atoms with van der Waals surface area (Å²) in [6.45, 7) is 3.75. The fourth-order valence-electron chi connectivity index (χ4n) is 2.06. The Labute approximate surface area is 127 Å². The van der Waals surface area contributed by atoms with E-state index in [4.69, 9.17) is 5.11 Å². The number of hydrogen-bond donors (Lipinski definition) is 2. The van der Waals surface area contributed by atoms with E-state index in [-0.39, 0.29) is 11.2 Å². The van der Waals surface area contributed by atoms with Gasteiger partial charge in [-0.2, -0.15) is 0 Å². The lowest BCUT2D eigenvalue weighted by atomic mass is 9.90. The number of nitrogens with one attached hydrogen (secondary N) is 1.